The molecule has 0 aliphatic heterocycles. The van der Waals surface area contributed by atoms with Gasteiger partial charge in [0.25, 0.3) is 0 Å². The van der Waals surface area contributed by atoms with Crippen molar-refractivity contribution in [3.05, 3.63) is 46.8 Å². The number of nitrogens with zero attached hydrogens (tertiary/aromatic N) is 6. The molecule has 2 saturated carbocycles. The SMILES string of the molecule is Cc1cc2ccnn2cc1Nc1ncc2c(n1)n(C1CCC3(CC1)CC3)c(=O)n2C. The van der Waals surface area contributed by atoms with Gasteiger partial charge in [0.15, 0.2) is 5.65 Å². The molecule has 0 bridgehead atoms. The zero-order valence-electron chi connectivity index (χ0n) is 17.3. The van der Waals surface area contributed by atoms with Crippen molar-refractivity contribution in [3.8, 4) is 0 Å². The van der Waals surface area contributed by atoms with Gasteiger partial charge in [-0.15, -0.1) is 0 Å². The zero-order chi connectivity index (χ0) is 20.5. The molecular formula is C22H25N7O. The smallest absolute Gasteiger partial charge is 0.323 e. The van der Waals surface area contributed by atoms with Crippen molar-refractivity contribution in [1.82, 2.24) is 28.7 Å². The highest BCUT2D eigenvalue weighted by Crippen LogP contribution is 2.57. The van der Waals surface area contributed by atoms with Crippen molar-refractivity contribution in [3.63, 3.8) is 0 Å². The number of hydrogen-bond acceptors (Lipinski definition) is 5. The number of aromatic nitrogens is 6. The van der Waals surface area contributed by atoms with Gasteiger partial charge in [-0.1, -0.05) is 0 Å². The zero-order valence-corrected chi connectivity index (χ0v) is 17.3. The maximum Gasteiger partial charge on any atom is 0.330 e. The van der Waals surface area contributed by atoms with E-state index in [-0.39, 0.29) is 11.7 Å². The van der Waals surface area contributed by atoms with Gasteiger partial charge in [-0.3, -0.25) is 9.13 Å². The van der Waals surface area contributed by atoms with Crippen LogP contribution in [0, 0.1) is 12.3 Å². The Morgan fingerprint density at radius 3 is 2.77 bits per heavy atom. The summed E-state index contributed by atoms with van der Waals surface area (Å²) in [6, 6.07) is 4.26. The number of nitrogens with one attached hydrogen (secondary N) is 1. The van der Waals surface area contributed by atoms with E-state index in [0.717, 1.165) is 40.8 Å². The molecule has 2 fully saturated rings. The van der Waals surface area contributed by atoms with E-state index in [1.165, 1.54) is 25.7 Å². The Kier molecular flexibility index (Phi) is 3.63. The Balaban J connectivity index is 1.39. The highest BCUT2D eigenvalue weighted by atomic mass is 16.1. The number of rotatable bonds is 3. The number of aryl methyl sites for hydroxylation is 2. The Labute approximate surface area is 173 Å². The Morgan fingerprint density at radius 2 is 2.00 bits per heavy atom. The first-order chi connectivity index (χ1) is 14.5. The minimum Gasteiger partial charge on any atom is -0.323 e. The van der Waals surface area contributed by atoms with Crippen LogP contribution in [0.4, 0.5) is 11.6 Å². The Morgan fingerprint density at radius 1 is 1.20 bits per heavy atom. The van der Waals surface area contributed by atoms with Crippen molar-refractivity contribution >= 4 is 28.3 Å². The summed E-state index contributed by atoms with van der Waals surface area (Å²) < 4.78 is 5.39. The van der Waals surface area contributed by atoms with Crippen LogP contribution in [0.3, 0.4) is 0 Å². The third-order valence-corrected chi connectivity index (χ3v) is 7.16. The number of anilines is 2. The van der Waals surface area contributed by atoms with E-state index >= 15 is 0 Å². The maximum atomic E-state index is 13.0. The molecule has 8 nitrogen and oxygen atoms in total. The Bertz CT molecular complexity index is 1330. The minimum absolute atomic E-state index is 0.00216. The molecule has 6 rings (SSSR count). The second-order valence-corrected chi connectivity index (χ2v) is 9.04. The fraction of sp³-hybridized carbons (Fsp3) is 0.455. The summed E-state index contributed by atoms with van der Waals surface area (Å²) in [4.78, 5) is 22.3. The van der Waals surface area contributed by atoms with Gasteiger partial charge < -0.3 is 5.32 Å². The van der Waals surface area contributed by atoms with E-state index in [0.29, 0.717) is 11.4 Å². The lowest BCUT2D eigenvalue weighted by atomic mass is 9.83. The van der Waals surface area contributed by atoms with E-state index in [1.807, 2.05) is 28.3 Å². The summed E-state index contributed by atoms with van der Waals surface area (Å²) >= 11 is 0. The molecule has 4 heterocycles. The van der Waals surface area contributed by atoms with Gasteiger partial charge in [0, 0.05) is 19.3 Å². The van der Waals surface area contributed by atoms with Gasteiger partial charge in [0.2, 0.25) is 5.95 Å². The molecule has 0 saturated heterocycles. The molecule has 154 valence electrons. The fourth-order valence-corrected chi connectivity index (χ4v) is 5.00. The number of fused-ring (bicyclic) bond motifs is 2. The van der Waals surface area contributed by atoms with Gasteiger partial charge in [-0.05, 0) is 68.6 Å². The van der Waals surface area contributed by atoms with Gasteiger partial charge in [0.1, 0.15) is 5.52 Å². The van der Waals surface area contributed by atoms with Crippen LogP contribution in [-0.4, -0.2) is 28.7 Å². The molecule has 0 amide bonds. The van der Waals surface area contributed by atoms with Crippen LogP contribution in [0.25, 0.3) is 16.7 Å². The molecule has 0 aromatic carbocycles. The van der Waals surface area contributed by atoms with E-state index in [9.17, 15) is 4.79 Å². The van der Waals surface area contributed by atoms with Gasteiger partial charge >= 0.3 is 5.69 Å². The van der Waals surface area contributed by atoms with Crippen LogP contribution in [-0.2, 0) is 7.05 Å². The van der Waals surface area contributed by atoms with Crippen LogP contribution in [0.1, 0.15) is 50.1 Å². The molecule has 1 N–H and O–H groups in total. The second kappa shape index (κ2) is 6.17. The molecule has 0 atom stereocenters. The summed E-state index contributed by atoms with van der Waals surface area (Å²) in [5.74, 6) is 0.492. The topological polar surface area (TPSA) is 82.0 Å². The van der Waals surface area contributed by atoms with Gasteiger partial charge in [-0.2, -0.15) is 10.1 Å². The van der Waals surface area contributed by atoms with Crippen LogP contribution in [0.2, 0.25) is 0 Å². The quantitative estimate of drug-likeness (QED) is 0.564. The molecule has 2 aliphatic rings. The first-order valence-electron chi connectivity index (χ1n) is 10.7. The highest BCUT2D eigenvalue weighted by Gasteiger charge is 2.45. The minimum atomic E-state index is 0.00216. The number of imidazole rings is 1. The van der Waals surface area contributed by atoms with E-state index in [2.05, 4.69) is 21.5 Å². The van der Waals surface area contributed by atoms with Crippen molar-refractivity contribution in [2.75, 3.05) is 5.32 Å². The summed E-state index contributed by atoms with van der Waals surface area (Å²) in [6.07, 6.45) is 12.7. The van der Waals surface area contributed by atoms with Crippen molar-refractivity contribution in [2.45, 2.75) is 51.5 Å². The van der Waals surface area contributed by atoms with Crippen LogP contribution >= 0.6 is 0 Å². The average Bonchev–Trinajstić information content (AvgIpc) is 3.26. The lowest BCUT2D eigenvalue weighted by molar-refractivity contribution is 0.256. The van der Waals surface area contributed by atoms with E-state index < -0.39 is 0 Å². The molecule has 2 aliphatic carbocycles. The summed E-state index contributed by atoms with van der Waals surface area (Å²) in [7, 11) is 1.80. The normalized spacial score (nSPS) is 18.5. The standard InChI is InChI=1S/C22H25N7O/c1-14-11-16-5-10-24-28(16)13-17(14)25-20-23-12-18-19(26-20)29(21(30)27(18)2)15-3-6-22(7-4-15)8-9-22/h5,10-13,15H,3-4,6-9H2,1-2H3,(H,23,25,26). The monoisotopic (exact) mass is 403 g/mol. The van der Waals surface area contributed by atoms with E-state index in [4.69, 9.17) is 4.98 Å². The summed E-state index contributed by atoms with van der Waals surface area (Å²) in [5.41, 5.74) is 5.10. The number of pyridine rings is 1. The lowest BCUT2D eigenvalue weighted by Gasteiger charge is -2.28. The molecule has 8 heteroatoms. The lowest BCUT2D eigenvalue weighted by Crippen LogP contribution is -2.29. The molecule has 4 aromatic heterocycles. The van der Waals surface area contributed by atoms with Crippen LogP contribution in [0.5, 0.6) is 0 Å². The summed E-state index contributed by atoms with van der Waals surface area (Å²) in [6.45, 7) is 2.04. The predicted octanol–water partition coefficient (Wildman–Crippen LogP) is 3.73. The van der Waals surface area contributed by atoms with Crippen molar-refractivity contribution < 1.29 is 0 Å². The third-order valence-electron chi connectivity index (χ3n) is 7.16. The molecular weight excluding hydrogens is 378 g/mol. The maximum absolute atomic E-state index is 13.0. The summed E-state index contributed by atoms with van der Waals surface area (Å²) in [5, 5.41) is 7.63. The van der Waals surface area contributed by atoms with Crippen molar-refractivity contribution in [2.24, 2.45) is 12.5 Å². The molecule has 0 unspecified atom stereocenters. The third kappa shape index (κ3) is 2.66. The molecule has 30 heavy (non-hydrogen) atoms. The number of hydrogen-bond donors (Lipinski definition) is 1. The molecule has 4 aromatic rings. The fourth-order valence-electron chi connectivity index (χ4n) is 5.00. The molecule has 1 spiro atoms. The average molecular weight is 403 g/mol. The first-order valence-corrected chi connectivity index (χ1v) is 10.7. The van der Waals surface area contributed by atoms with Gasteiger partial charge in [-0.25, -0.2) is 14.3 Å². The van der Waals surface area contributed by atoms with Crippen LogP contribution in [0.15, 0.2) is 35.5 Å². The highest BCUT2D eigenvalue weighted by molar-refractivity contribution is 5.73. The first kappa shape index (κ1) is 17.7. The van der Waals surface area contributed by atoms with Crippen molar-refractivity contribution in [1.29, 1.82) is 0 Å². The molecule has 0 radical (unpaired) electrons. The Hall–Kier alpha value is -3.16. The van der Waals surface area contributed by atoms with E-state index in [1.54, 1.807) is 24.0 Å². The van der Waals surface area contributed by atoms with Gasteiger partial charge in [0.05, 0.1) is 23.6 Å². The largest absolute Gasteiger partial charge is 0.330 e. The predicted molar refractivity (Wildman–Crippen MR) is 115 cm³/mol. The van der Waals surface area contributed by atoms with Crippen LogP contribution < -0.4 is 11.0 Å². The second-order valence-electron chi connectivity index (χ2n) is 9.04.